The summed E-state index contributed by atoms with van der Waals surface area (Å²) in [7, 11) is 0. The molecule has 3 N–H and O–H groups in total. The lowest BCUT2D eigenvalue weighted by molar-refractivity contribution is 0.0689. The monoisotopic (exact) mass is 261 g/mol. The minimum Gasteiger partial charge on any atom is -0.476 e. The summed E-state index contributed by atoms with van der Waals surface area (Å²) in [5.74, 6) is -1.30. The Kier molecular flexibility index (Phi) is 3.41. The third-order valence-electron chi connectivity index (χ3n) is 2.66. The van der Waals surface area contributed by atoms with Crippen LogP contribution in [0.5, 0.6) is 0 Å². The second kappa shape index (κ2) is 5.01. The van der Waals surface area contributed by atoms with Gasteiger partial charge in [0.25, 0.3) is 0 Å². The first-order valence-electron chi connectivity index (χ1n) is 5.58. The van der Waals surface area contributed by atoms with Gasteiger partial charge in [-0.1, -0.05) is 12.1 Å². The minimum absolute atomic E-state index is 0.119. The smallest absolute Gasteiger partial charge is 0.356 e. The Morgan fingerprint density at radius 3 is 2.53 bits per heavy atom. The van der Waals surface area contributed by atoms with Gasteiger partial charge in [0.05, 0.1) is 11.4 Å². The third-order valence-corrected chi connectivity index (χ3v) is 2.66. The van der Waals surface area contributed by atoms with Crippen molar-refractivity contribution in [3.05, 3.63) is 52.7 Å². The number of carbonyl (C=O) groups is 1. The summed E-state index contributed by atoms with van der Waals surface area (Å²) in [6, 6.07) is 5.84. The molecule has 19 heavy (non-hydrogen) atoms. The summed E-state index contributed by atoms with van der Waals surface area (Å²) < 4.78 is 12.8. The van der Waals surface area contributed by atoms with E-state index in [0.717, 1.165) is 5.56 Å². The van der Waals surface area contributed by atoms with Crippen LogP contribution in [0.1, 0.15) is 27.4 Å². The average molecular weight is 261 g/mol. The molecule has 0 aliphatic rings. The van der Waals surface area contributed by atoms with Crippen molar-refractivity contribution < 1.29 is 14.3 Å². The van der Waals surface area contributed by atoms with Crippen LogP contribution >= 0.6 is 0 Å². The molecule has 1 aromatic carbocycles. The van der Waals surface area contributed by atoms with Gasteiger partial charge in [0.1, 0.15) is 11.6 Å². The summed E-state index contributed by atoms with van der Waals surface area (Å²) in [6.07, 6.45) is 0.305. The lowest BCUT2D eigenvalue weighted by Gasteiger charge is -2.07. The van der Waals surface area contributed by atoms with Gasteiger partial charge in [-0.05, 0) is 24.6 Å². The molecule has 0 amide bonds. The number of aromatic nitrogens is 2. The fraction of sp³-hybridized carbons (Fsp3) is 0.154. The number of nitrogen functional groups attached to an aromatic ring is 1. The van der Waals surface area contributed by atoms with Crippen LogP contribution < -0.4 is 5.73 Å². The Bertz CT molecular complexity index is 627. The van der Waals surface area contributed by atoms with Crippen molar-refractivity contribution in [2.75, 3.05) is 5.73 Å². The topological polar surface area (TPSA) is 89.1 Å². The molecule has 0 fully saturated rings. The minimum atomic E-state index is -1.15. The van der Waals surface area contributed by atoms with Crippen LogP contribution in [-0.2, 0) is 6.42 Å². The van der Waals surface area contributed by atoms with Crippen LogP contribution in [-0.4, -0.2) is 21.0 Å². The van der Waals surface area contributed by atoms with Gasteiger partial charge < -0.3 is 10.8 Å². The van der Waals surface area contributed by atoms with Crippen LogP contribution in [0, 0.1) is 12.7 Å². The van der Waals surface area contributed by atoms with Crippen molar-refractivity contribution in [3.63, 3.8) is 0 Å². The van der Waals surface area contributed by atoms with E-state index in [1.807, 2.05) is 0 Å². The lowest BCUT2D eigenvalue weighted by Crippen LogP contribution is -2.12. The number of carboxylic acid groups (broad SMARTS) is 1. The largest absolute Gasteiger partial charge is 0.476 e. The predicted molar refractivity (Wildman–Crippen MR) is 67.3 cm³/mol. The highest BCUT2D eigenvalue weighted by atomic mass is 19.1. The van der Waals surface area contributed by atoms with Crippen LogP contribution in [0.2, 0.25) is 0 Å². The summed E-state index contributed by atoms with van der Waals surface area (Å²) in [5, 5.41) is 8.99. The van der Waals surface area contributed by atoms with Gasteiger partial charge in [0.2, 0.25) is 0 Å². The van der Waals surface area contributed by atoms with Crippen molar-refractivity contribution in [2.24, 2.45) is 0 Å². The van der Waals surface area contributed by atoms with E-state index in [1.54, 1.807) is 12.1 Å². The van der Waals surface area contributed by atoms with Gasteiger partial charge in [0, 0.05) is 6.42 Å². The first kappa shape index (κ1) is 12.9. The normalized spacial score (nSPS) is 10.4. The molecule has 0 spiro atoms. The molecule has 5 nitrogen and oxygen atoms in total. The molecule has 0 radical (unpaired) electrons. The van der Waals surface area contributed by atoms with Crippen molar-refractivity contribution >= 4 is 11.8 Å². The number of carboxylic acids is 1. The molecule has 0 saturated heterocycles. The second-order valence-corrected chi connectivity index (χ2v) is 4.10. The first-order valence-corrected chi connectivity index (χ1v) is 5.58. The number of benzene rings is 1. The number of anilines is 1. The maximum Gasteiger partial charge on any atom is 0.356 e. The quantitative estimate of drug-likeness (QED) is 0.879. The van der Waals surface area contributed by atoms with Crippen molar-refractivity contribution in [1.82, 2.24) is 9.97 Å². The van der Waals surface area contributed by atoms with Gasteiger partial charge in [-0.15, -0.1) is 0 Å². The molecular weight excluding hydrogens is 249 g/mol. The molecule has 0 saturated carbocycles. The zero-order chi connectivity index (χ0) is 14.0. The van der Waals surface area contributed by atoms with E-state index in [0.29, 0.717) is 12.1 Å². The van der Waals surface area contributed by atoms with Gasteiger partial charge in [-0.2, -0.15) is 0 Å². The molecular formula is C13H12FN3O2. The molecule has 1 heterocycles. The molecule has 0 aliphatic carbocycles. The van der Waals surface area contributed by atoms with Crippen LogP contribution in [0.4, 0.5) is 10.2 Å². The molecule has 2 aromatic rings. The number of nitrogens with zero attached hydrogens (tertiary/aromatic N) is 2. The zero-order valence-corrected chi connectivity index (χ0v) is 10.2. The van der Waals surface area contributed by atoms with Crippen molar-refractivity contribution in [3.8, 4) is 0 Å². The Morgan fingerprint density at radius 2 is 1.95 bits per heavy atom. The highest BCUT2D eigenvalue weighted by Gasteiger charge is 2.14. The molecule has 98 valence electrons. The van der Waals surface area contributed by atoms with E-state index in [1.165, 1.54) is 19.1 Å². The van der Waals surface area contributed by atoms with E-state index in [-0.39, 0.29) is 23.0 Å². The highest BCUT2D eigenvalue weighted by Crippen LogP contribution is 2.15. The Labute approximate surface area is 108 Å². The van der Waals surface area contributed by atoms with Crippen LogP contribution in [0.15, 0.2) is 24.3 Å². The predicted octanol–water partition coefficient (Wildman–Crippen LogP) is 1.80. The number of halogens is 1. The summed E-state index contributed by atoms with van der Waals surface area (Å²) >= 11 is 0. The van der Waals surface area contributed by atoms with Gasteiger partial charge in [-0.25, -0.2) is 19.2 Å². The standard InChI is InChI=1S/C13H12FN3O2/c1-7-11(13(18)19)17-10(12(15)16-7)6-8-2-4-9(14)5-3-8/h2-5H,6H2,1H3,(H2,15,16)(H,18,19). The van der Waals surface area contributed by atoms with Gasteiger partial charge in [0.15, 0.2) is 5.69 Å². The number of aromatic carboxylic acids is 1. The zero-order valence-electron chi connectivity index (χ0n) is 10.2. The molecule has 0 unspecified atom stereocenters. The van der Waals surface area contributed by atoms with E-state index >= 15 is 0 Å². The lowest BCUT2D eigenvalue weighted by atomic mass is 10.1. The third kappa shape index (κ3) is 2.85. The SMILES string of the molecule is Cc1nc(N)c(Cc2ccc(F)cc2)nc1C(=O)O. The molecule has 0 atom stereocenters. The van der Waals surface area contributed by atoms with Crippen LogP contribution in [0.3, 0.4) is 0 Å². The number of nitrogens with two attached hydrogens (primary N) is 1. The number of hydrogen-bond donors (Lipinski definition) is 2. The number of rotatable bonds is 3. The summed E-state index contributed by atoms with van der Waals surface area (Å²) in [5.41, 5.74) is 7.03. The average Bonchev–Trinajstić information content (AvgIpc) is 2.34. The maximum atomic E-state index is 12.8. The van der Waals surface area contributed by atoms with E-state index in [9.17, 15) is 9.18 Å². The molecule has 1 aromatic heterocycles. The maximum absolute atomic E-state index is 12.8. The number of hydrogen-bond acceptors (Lipinski definition) is 4. The first-order chi connectivity index (χ1) is 8.97. The van der Waals surface area contributed by atoms with Gasteiger partial charge >= 0.3 is 5.97 Å². The van der Waals surface area contributed by atoms with Crippen LogP contribution in [0.25, 0.3) is 0 Å². The molecule has 0 aliphatic heterocycles. The van der Waals surface area contributed by atoms with Crippen molar-refractivity contribution in [2.45, 2.75) is 13.3 Å². The summed E-state index contributed by atoms with van der Waals surface area (Å²) in [4.78, 5) is 19.0. The Morgan fingerprint density at radius 1 is 1.32 bits per heavy atom. The Balaban J connectivity index is 2.37. The number of aryl methyl sites for hydroxylation is 1. The van der Waals surface area contributed by atoms with E-state index in [4.69, 9.17) is 10.8 Å². The Hall–Kier alpha value is -2.50. The van der Waals surface area contributed by atoms with Crippen molar-refractivity contribution in [1.29, 1.82) is 0 Å². The summed E-state index contributed by atoms with van der Waals surface area (Å²) in [6.45, 7) is 1.54. The highest BCUT2D eigenvalue weighted by molar-refractivity contribution is 5.86. The molecule has 2 rings (SSSR count). The van der Waals surface area contributed by atoms with E-state index < -0.39 is 5.97 Å². The fourth-order valence-corrected chi connectivity index (χ4v) is 1.70. The fourth-order valence-electron chi connectivity index (χ4n) is 1.70. The molecule has 0 bridgehead atoms. The second-order valence-electron chi connectivity index (χ2n) is 4.10. The van der Waals surface area contributed by atoms with E-state index in [2.05, 4.69) is 9.97 Å². The van der Waals surface area contributed by atoms with Gasteiger partial charge in [-0.3, -0.25) is 0 Å². The molecule has 6 heteroatoms.